The van der Waals surface area contributed by atoms with Crippen LogP contribution in [0.2, 0.25) is 0 Å². The van der Waals surface area contributed by atoms with Crippen LogP contribution < -0.4 is 14.4 Å². The molecule has 4 rings (SSSR count). The Balaban J connectivity index is 1.50. The third kappa shape index (κ3) is 4.85. The SMILES string of the molecule is CN(C)CCN(Cc1ccccc1F)C(=O)[C@@H]1CC(=O)N(c2ccc3c(c2)OCCO3)C1. The highest BCUT2D eigenvalue weighted by Gasteiger charge is 2.37. The molecule has 1 atom stereocenters. The summed E-state index contributed by atoms with van der Waals surface area (Å²) in [5.74, 6) is 0.185. The number of benzene rings is 2. The molecule has 0 N–H and O–H groups in total. The summed E-state index contributed by atoms with van der Waals surface area (Å²) in [6, 6.07) is 11.8. The van der Waals surface area contributed by atoms with Gasteiger partial charge in [-0.25, -0.2) is 4.39 Å². The largest absolute Gasteiger partial charge is 0.486 e. The molecule has 0 bridgehead atoms. The molecule has 2 aliphatic rings. The van der Waals surface area contributed by atoms with Crippen LogP contribution in [0.5, 0.6) is 11.5 Å². The maximum absolute atomic E-state index is 14.2. The number of hydrogen-bond acceptors (Lipinski definition) is 5. The average Bonchev–Trinajstić information content (AvgIpc) is 3.18. The third-order valence-corrected chi connectivity index (χ3v) is 5.76. The number of carbonyl (C=O) groups excluding carboxylic acids is 2. The van der Waals surface area contributed by atoms with Gasteiger partial charge in [0.1, 0.15) is 19.0 Å². The van der Waals surface area contributed by atoms with Crippen LogP contribution in [0.4, 0.5) is 10.1 Å². The number of carbonyl (C=O) groups is 2. The first-order chi connectivity index (χ1) is 15.4. The molecule has 0 unspecified atom stereocenters. The molecule has 0 aliphatic carbocycles. The standard InChI is InChI=1S/C24H28FN3O4/c1-26(2)9-10-27(15-17-5-3-4-6-20(17)25)24(30)18-13-23(29)28(16-18)19-7-8-21-22(14-19)32-12-11-31-21/h3-8,14,18H,9-13,15-16H2,1-2H3/t18-/m1/s1. The summed E-state index contributed by atoms with van der Waals surface area (Å²) >= 11 is 0. The van der Waals surface area contributed by atoms with Crippen LogP contribution >= 0.6 is 0 Å². The average molecular weight is 442 g/mol. The number of amides is 2. The number of nitrogens with zero attached hydrogens (tertiary/aromatic N) is 3. The molecule has 1 saturated heterocycles. The maximum atomic E-state index is 14.2. The van der Waals surface area contributed by atoms with E-state index in [0.717, 1.165) is 0 Å². The van der Waals surface area contributed by atoms with Gasteiger partial charge in [-0.15, -0.1) is 0 Å². The Morgan fingerprint density at radius 2 is 1.84 bits per heavy atom. The second kappa shape index (κ2) is 9.56. The van der Waals surface area contributed by atoms with Gasteiger partial charge in [-0.3, -0.25) is 9.59 Å². The predicted molar refractivity (Wildman–Crippen MR) is 118 cm³/mol. The van der Waals surface area contributed by atoms with Crippen LogP contribution in [0.1, 0.15) is 12.0 Å². The van der Waals surface area contributed by atoms with Crippen LogP contribution in [-0.2, 0) is 16.1 Å². The Morgan fingerprint density at radius 1 is 1.09 bits per heavy atom. The Bertz CT molecular complexity index is 997. The normalized spacial score (nSPS) is 17.7. The molecule has 32 heavy (non-hydrogen) atoms. The maximum Gasteiger partial charge on any atom is 0.228 e. The molecule has 8 heteroatoms. The lowest BCUT2D eigenvalue weighted by atomic mass is 10.1. The fourth-order valence-corrected chi connectivity index (χ4v) is 4.00. The number of halogens is 1. The second-order valence-electron chi connectivity index (χ2n) is 8.39. The summed E-state index contributed by atoms with van der Waals surface area (Å²) < 4.78 is 25.4. The Kier molecular flexibility index (Phi) is 6.60. The smallest absolute Gasteiger partial charge is 0.228 e. The van der Waals surface area contributed by atoms with Crippen molar-refractivity contribution in [2.45, 2.75) is 13.0 Å². The molecule has 1 fully saturated rings. The summed E-state index contributed by atoms with van der Waals surface area (Å²) in [6.45, 7) is 2.52. The first-order valence-corrected chi connectivity index (χ1v) is 10.8. The minimum atomic E-state index is -0.482. The number of hydrogen-bond donors (Lipinski definition) is 0. The number of fused-ring (bicyclic) bond motifs is 1. The Morgan fingerprint density at radius 3 is 2.59 bits per heavy atom. The van der Waals surface area contributed by atoms with E-state index in [2.05, 4.69) is 0 Å². The van der Waals surface area contributed by atoms with Crippen LogP contribution in [0.15, 0.2) is 42.5 Å². The van der Waals surface area contributed by atoms with E-state index in [1.165, 1.54) is 6.07 Å². The summed E-state index contributed by atoms with van der Waals surface area (Å²) in [5, 5.41) is 0. The zero-order chi connectivity index (χ0) is 22.7. The van der Waals surface area contributed by atoms with Crippen molar-refractivity contribution in [1.29, 1.82) is 0 Å². The molecule has 0 spiro atoms. The number of ether oxygens (including phenoxy) is 2. The van der Waals surface area contributed by atoms with Crippen molar-refractivity contribution >= 4 is 17.5 Å². The van der Waals surface area contributed by atoms with Crippen molar-refractivity contribution in [3.63, 3.8) is 0 Å². The van der Waals surface area contributed by atoms with E-state index < -0.39 is 5.92 Å². The Labute approximate surface area is 187 Å². The minimum absolute atomic E-state index is 0.113. The van der Waals surface area contributed by atoms with Crippen molar-refractivity contribution in [2.75, 3.05) is 51.8 Å². The lowest BCUT2D eigenvalue weighted by Gasteiger charge is -2.27. The van der Waals surface area contributed by atoms with Crippen LogP contribution in [0, 0.1) is 11.7 Å². The van der Waals surface area contributed by atoms with Crippen molar-refractivity contribution in [2.24, 2.45) is 5.92 Å². The molecule has 2 aromatic carbocycles. The van der Waals surface area contributed by atoms with Crippen molar-refractivity contribution in [3.05, 3.63) is 53.8 Å². The summed E-state index contributed by atoms with van der Waals surface area (Å²) in [4.78, 5) is 31.4. The second-order valence-corrected chi connectivity index (χ2v) is 8.39. The van der Waals surface area contributed by atoms with Gasteiger partial charge in [-0.2, -0.15) is 0 Å². The van der Waals surface area contributed by atoms with Crippen molar-refractivity contribution in [1.82, 2.24) is 9.80 Å². The third-order valence-electron chi connectivity index (χ3n) is 5.76. The van der Waals surface area contributed by atoms with E-state index >= 15 is 0 Å². The zero-order valence-corrected chi connectivity index (χ0v) is 18.4. The summed E-state index contributed by atoms with van der Waals surface area (Å²) in [7, 11) is 3.85. The van der Waals surface area contributed by atoms with Gasteiger partial charge in [0.05, 0.1) is 5.92 Å². The predicted octanol–water partition coefficient (Wildman–Crippen LogP) is 2.54. The van der Waals surface area contributed by atoms with Gasteiger partial charge in [-0.05, 0) is 32.3 Å². The molecular weight excluding hydrogens is 413 g/mol. The first kappa shape index (κ1) is 22.1. The molecular formula is C24H28FN3O4. The van der Waals surface area contributed by atoms with E-state index in [1.807, 2.05) is 19.0 Å². The zero-order valence-electron chi connectivity index (χ0n) is 18.4. The minimum Gasteiger partial charge on any atom is -0.486 e. The van der Waals surface area contributed by atoms with Gasteiger partial charge in [-0.1, -0.05) is 18.2 Å². The van der Waals surface area contributed by atoms with E-state index in [9.17, 15) is 14.0 Å². The number of rotatable bonds is 7. The van der Waals surface area contributed by atoms with Crippen LogP contribution in [0.25, 0.3) is 0 Å². The highest BCUT2D eigenvalue weighted by Crippen LogP contribution is 2.36. The molecule has 0 saturated carbocycles. The first-order valence-electron chi connectivity index (χ1n) is 10.8. The molecule has 170 valence electrons. The Hall–Kier alpha value is -3.13. The molecule has 2 amide bonds. The summed E-state index contributed by atoms with van der Waals surface area (Å²) in [5.41, 5.74) is 1.15. The molecule has 0 aromatic heterocycles. The van der Waals surface area contributed by atoms with Gasteiger partial charge < -0.3 is 24.2 Å². The van der Waals surface area contributed by atoms with Gasteiger partial charge >= 0.3 is 0 Å². The lowest BCUT2D eigenvalue weighted by molar-refractivity contribution is -0.136. The van der Waals surface area contributed by atoms with Gasteiger partial charge in [0.15, 0.2) is 11.5 Å². The highest BCUT2D eigenvalue weighted by molar-refractivity contribution is 6.00. The highest BCUT2D eigenvalue weighted by atomic mass is 19.1. The molecule has 0 radical (unpaired) electrons. The molecule has 2 heterocycles. The van der Waals surface area contributed by atoms with E-state index in [0.29, 0.717) is 49.1 Å². The van der Waals surface area contributed by atoms with E-state index in [-0.39, 0.29) is 37.1 Å². The van der Waals surface area contributed by atoms with E-state index in [4.69, 9.17) is 9.47 Å². The number of likely N-dealkylation sites (N-methyl/N-ethyl adjacent to an activating group) is 1. The van der Waals surface area contributed by atoms with Crippen LogP contribution in [-0.4, -0.2) is 68.6 Å². The molecule has 7 nitrogen and oxygen atoms in total. The van der Waals surface area contributed by atoms with E-state index in [1.54, 1.807) is 46.2 Å². The van der Waals surface area contributed by atoms with Crippen molar-refractivity contribution in [3.8, 4) is 11.5 Å². The molecule has 2 aromatic rings. The van der Waals surface area contributed by atoms with Crippen molar-refractivity contribution < 1.29 is 23.5 Å². The summed E-state index contributed by atoms with van der Waals surface area (Å²) in [6.07, 6.45) is 0.128. The van der Waals surface area contributed by atoms with Gasteiger partial charge in [0.2, 0.25) is 11.8 Å². The monoisotopic (exact) mass is 441 g/mol. The van der Waals surface area contributed by atoms with Gasteiger partial charge in [0.25, 0.3) is 0 Å². The quantitative estimate of drug-likeness (QED) is 0.661. The number of anilines is 1. The fourth-order valence-electron chi connectivity index (χ4n) is 4.00. The molecule has 2 aliphatic heterocycles. The van der Waals surface area contributed by atoms with Crippen LogP contribution in [0.3, 0.4) is 0 Å². The fraction of sp³-hybridized carbons (Fsp3) is 0.417. The topological polar surface area (TPSA) is 62.3 Å². The lowest BCUT2D eigenvalue weighted by Crippen LogP contribution is -2.40. The van der Waals surface area contributed by atoms with Gasteiger partial charge in [0, 0.05) is 49.9 Å².